The maximum absolute atomic E-state index is 12.1. The average Bonchev–Trinajstić information content (AvgIpc) is 3.18. The van der Waals surface area contributed by atoms with Crippen molar-refractivity contribution in [2.45, 2.75) is 26.5 Å². The van der Waals surface area contributed by atoms with Crippen molar-refractivity contribution < 1.29 is 23.8 Å². The molecule has 25 heavy (non-hydrogen) atoms. The summed E-state index contributed by atoms with van der Waals surface area (Å²) < 4.78 is 19.7. The van der Waals surface area contributed by atoms with Gasteiger partial charge in [-0.15, -0.1) is 0 Å². The predicted molar refractivity (Wildman–Crippen MR) is 90.6 cm³/mol. The van der Waals surface area contributed by atoms with Gasteiger partial charge in [-0.25, -0.2) is 4.79 Å². The van der Waals surface area contributed by atoms with Gasteiger partial charge in [-0.2, -0.15) is 4.37 Å². The summed E-state index contributed by atoms with van der Waals surface area (Å²) in [6, 6.07) is 5.40. The third kappa shape index (κ3) is 3.66. The number of aryl methyl sites for hydroxylation is 1. The van der Waals surface area contributed by atoms with E-state index < -0.39 is 18.0 Å². The number of anilines is 1. The number of esters is 1. The number of rotatable bonds is 5. The normalized spacial score (nSPS) is 13.4. The van der Waals surface area contributed by atoms with Crippen LogP contribution in [0.4, 0.5) is 5.00 Å². The lowest BCUT2D eigenvalue weighted by Gasteiger charge is -2.13. The molecule has 1 amide bonds. The van der Waals surface area contributed by atoms with Gasteiger partial charge in [0.15, 0.2) is 17.6 Å². The smallest absolute Gasteiger partial charge is 0.343 e. The number of nitrogens with two attached hydrogens (primary N) is 1. The molecule has 3 rings (SSSR count). The zero-order valence-electron chi connectivity index (χ0n) is 13.7. The van der Waals surface area contributed by atoms with E-state index >= 15 is 0 Å². The number of nitrogen functional groups attached to an aromatic ring is 1. The van der Waals surface area contributed by atoms with E-state index in [1.54, 1.807) is 19.1 Å². The first kappa shape index (κ1) is 17.0. The minimum atomic E-state index is -0.958. The van der Waals surface area contributed by atoms with Crippen LogP contribution >= 0.6 is 11.5 Å². The van der Waals surface area contributed by atoms with Gasteiger partial charge in [0.1, 0.15) is 10.6 Å². The van der Waals surface area contributed by atoms with Gasteiger partial charge in [-0.05, 0) is 43.1 Å². The number of carbonyl (C=O) groups excluding carboxylic acids is 2. The van der Waals surface area contributed by atoms with Crippen molar-refractivity contribution in [3.05, 3.63) is 35.0 Å². The molecule has 0 saturated carbocycles. The molecule has 0 bridgehead atoms. The van der Waals surface area contributed by atoms with Crippen LogP contribution in [0.5, 0.6) is 11.5 Å². The molecule has 1 aliphatic heterocycles. The molecule has 3 N–H and O–H groups in total. The zero-order chi connectivity index (χ0) is 18.0. The molecule has 8 nitrogen and oxygen atoms in total. The van der Waals surface area contributed by atoms with Crippen LogP contribution in [0.2, 0.25) is 0 Å². The number of benzene rings is 1. The van der Waals surface area contributed by atoms with Gasteiger partial charge in [-0.3, -0.25) is 4.79 Å². The molecule has 9 heteroatoms. The highest BCUT2D eigenvalue weighted by Crippen LogP contribution is 2.32. The molecule has 1 aromatic heterocycles. The third-order valence-electron chi connectivity index (χ3n) is 3.65. The highest BCUT2D eigenvalue weighted by Gasteiger charge is 2.23. The molecule has 1 aromatic carbocycles. The molecule has 2 heterocycles. The van der Waals surface area contributed by atoms with E-state index in [4.69, 9.17) is 19.9 Å². The second-order valence-corrected chi connectivity index (χ2v) is 6.27. The summed E-state index contributed by atoms with van der Waals surface area (Å²) in [7, 11) is 0. The Morgan fingerprint density at radius 1 is 1.40 bits per heavy atom. The number of nitrogens with zero attached hydrogens (tertiary/aromatic N) is 1. The van der Waals surface area contributed by atoms with E-state index in [0.717, 1.165) is 17.1 Å². The lowest BCUT2D eigenvalue weighted by molar-refractivity contribution is -0.129. The Labute approximate surface area is 148 Å². The van der Waals surface area contributed by atoms with Gasteiger partial charge < -0.3 is 25.3 Å². The van der Waals surface area contributed by atoms with Crippen LogP contribution in [-0.4, -0.2) is 29.1 Å². The van der Waals surface area contributed by atoms with Crippen molar-refractivity contribution in [1.82, 2.24) is 9.69 Å². The first-order valence-electron chi connectivity index (χ1n) is 7.54. The summed E-state index contributed by atoms with van der Waals surface area (Å²) in [6.07, 6.45) is -0.958. The fourth-order valence-corrected chi connectivity index (χ4v) is 2.94. The van der Waals surface area contributed by atoms with Crippen molar-refractivity contribution in [2.24, 2.45) is 0 Å². The number of fused-ring (bicyclic) bond motifs is 1. The molecule has 0 aliphatic carbocycles. The summed E-state index contributed by atoms with van der Waals surface area (Å²) in [5.41, 5.74) is 7.25. The molecule has 1 atom stereocenters. The minimum absolute atomic E-state index is 0.193. The standard InChI is InChI=1S/C16H17N3O5S/c1-8-13(14(17)25-19-8)16(21)24-9(2)15(20)18-6-10-3-4-11-12(5-10)23-7-22-11/h3-5,9H,6-7,17H2,1-2H3,(H,18,20)/t9-/m1/s1. The van der Waals surface area contributed by atoms with Crippen molar-refractivity contribution in [3.63, 3.8) is 0 Å². The van der Waals surface area contributed by atoms with E-state index in [-0.39, 0.29) is 23.9 Å². The summed E-state index contributed by atoms with van der Waals surface area (Å²) in [5, 5.41) is 2.99. The molecular formula is C16H17N3O5S. The van der Waals surface area contributed by atoms with Crippen molar-refractivity contribution in [3.8, 4) is 11.5 Å². The topological polar surface area (TPSA) is 113 Å². The van der Waals surface area contributed by atoms with E-state index in [1.165, 1.54) is 6.92 Å². The molecule has 0 unspecified atom stereocenters. The maximum atomic E-state index is 12.1. The van der Waals surface area contributed by atoms with Crippen LogP contribution in [0.15, 0.2) is 18.2 Å². The maximum Gasteiger partial charge on any atom is 0.343 e. The number of amides is 1. The Kier molecular flexibility index (Phi) is 4.75. The van der Waals surface area contributed by atoms with Crippen LogP contribution in [-0.2, 0) is 16.1 Å². The monoisotopic (exact) mass is 363 g/mol. The summed E-state index contributed by atoms with van der Waals surface area (Å²) in [4.78, 5) is 24.3. The Bertz CT molecular complexity index is 801. The molecule has 0 spiro atoms. The molecule has 0 fully saturated rings. The van der Waals surface area contributed by atoms with Crippen LogP contribution in [0, 0.1) is 6.92 Å². The van der Waals surface area contributed by atoms with Gasteiger partial charge in [0.05, 0.1) is 5.69 Å². The summed E-state index contributed by atoms with van der Waals surface area (Å²) in [5.74, 6) is 0.247. The quantitative estimate of drug-likeness (QED) is 0.776. The molecule has 0 radical (unpaired) electrons. The zero-order valence-corrected chi connectivity index (χ0v) is 14.5. The minimum Gasteiger partial charge on any atom is -0.454 e. The number of aromatic nitrogens is 1. The van der Waals surface area contributed by atoms with E-state index in [9.17, 15) is 9.59 Å². The second kappa shape index (κ2) is 6.98. The van der Waals surface area contributed by atoms with E-state index in [2.05, 4.69) is 9.69 Å². The van der Waals surface area contributed by atoms with Gasteiger partial charge >= 0.3 is 5.97 Å². The van der Waals surface area contributed by atoms with Crippen LogP contribution in [0.1, 0.15) is 28.5 Å². The van der Waals surface area contributed by atoms with Crippen LogP contribution in [0.3, 0.4) is 0 Å². The SMILES string of the molecule is Cc1nsc(N)c1C(=O)O[C@H](C)C(=O)NCc1ccc2c(c1)OCO2. The number of nitrogens with one attached hydrogen (secondary N) is 1. The van der Waals surface area contributed by atoms with Crippen LogP contribution in [0.25, 0.3) is 0 Å². The Hall–Kier alpha value is -2.81. The van der Waals surface area contributed by atoms with Gasteiger partial charge in [0, 0.05) is 6.54 Å². The van der Waals surface area contributed by atoms with Crippen molar-refractivity contribution in [2.75, 3.05) is 12.5 Å². The Morgan fingerprint density at radius 2 is 2.16 bits per heavy atom. The number of hydrogen-bond donors (Lipinski definition) is 2. The lowest BCUT2D eigenvalue weighted by atomic mass is 10.2. The molecule has 2 aromatic rings. The second-order valence-electron chi connectivity index (χ2n) is 5.46. The molecule has 0 saturated heterocycles. The largest absolute Gasteiger partial charge is 0.454 e. The first-order valence-corrected chi connectivity index (χ1v) is 8.32. The van der Waals surface area contributed by atoms with E-state index in [0.29, 0.717) is 17.2 Å². The number of ether oxygens (including phenoxy) is 3. The lowest BCUT2D eigenvalue weighted by Crippen LogP contribution is -2.35. The highest BCUT2D eigenvalue weighted by atomic mass is 32.1. The van der Waals surface area contributed by atoms with Gasteiger partial charge in [-0.1, -0.05) is 6.07 Å². The molecular weight excluding hydrogens is 346 g/mol. The predicted octanol–water partition coefficient (Wildman–Crippen LogP) is 1.62. The Morgan fingerprint density at radius 3 is 2.88 bits per heavy atom. The fraction of sp³-hybridized carbons (Fsp3) is 0.312. The van der Waals surface area contributed by atoms with Gasteiger partial charge in [0.2, 0.25) is 6.79 Å². The van der Waals surface area contributed by atoms with Crippen LogP contribution < -0.4 is 20.5 Å². The first-order chi connectivity index (χ1) is 12.0. The van der Waals surface area contributed by atoms with Crippen molar-refractivity contribution in [1.29, 1.82) is 0 Å². The fourth-order valence-electron chi connectivity index (χ4n) is 2.29. The average molecular weight is 363 g/mol. The van der Waals surface area contributed by atoms with Gasteiger partial charge in [0.25, 0.3) is 5.91 Å². The summed E-state index contributed by atoms with van der Waals surface area (Å²) in [6.45, 7) is 3.63. The number of carbonyl (C=O) groups is 2. The highest BCUT2D eigenvalue weighted by molar-refractivity contribution is 7.10. The third-order valence-corrected chi connectivity index (χ3v) is 4.42. The molecule has 132 valence electrons. The summed E-state index contributed by atoms with van der Waals surface area (Å²) >= 11 is 1.02. The molecule has 1 aliphatic rings. The van der Waals surface area contributed by atoms with E-state index in [1.807, 2.05) is 6.07 Å². The Balaban J connectivity index is 1.55. The number of hydrogen-bond acceptors (Lipinski definition) is 8. The van der Waals surface area contributed by atoms with Crippen molar-refractivity contribution >= 4 is 28.4 Å².